The van der Waals surface area contributed by atoms with Crippen molar-refractivity contribution < 1.29 is 0 Å². The van der Waals surface area contributed by atoms with E-state index in [1.807, 2.05) is 29.0 Å². The Hall–Kier alpha value is -2.12. The molecular weight excluding hydrogens is 278 g/mol. The molecule has 21 heavy (non-hydrogen) atoms. The van der Waals surface area contributed by atoms with Crippen LogP contribution in [0.2, 0.25) is 0 Å². The van der Waals surface area contributed by atoms with Crippen LogP contribution in [0.15, 0.2) is 48.7 Å². The number of nitrogens with one attached hydrogen (secondary N) is 1. The third-order valence-electron chi connectivity index (χ3n) is 3.33. The molecule has 3 nitrogen and oxygen atoms in total. The molecule has 0 aliphatic carbocycles. The summed E-state index contributed by atoms with van der Waals surface area (Å²) in [5.74, 6) is 0. The predicted octanol–water partition coefficient (Wildman–Crippen LogP) is 3.30. The summed E-state index contributed by atoms with van der Waals surface area (Å²) in [5.41, 5.74) is 2.02. The molecule has 1 N–H and O–H groups in total. The first-order chi connectivity index (χ1) is 10.3. The van der Waals surface area contributed by atoms with E-state index in [0.29, 0.717) is 5.69 Å². The topological polar surface area (TPSA) is 40.8 Å². The Bertz CT molecular complexity index is 610. The fraction of sp³-hybridized carbons (Fsp3) is 0.294. The molecule has 1 aromatic heterocycles. The van der Waals surface area contributed by atoms with E-state index in [4.69, 9.17) is 17.5 Å². The molecule has 0 atom stereocenters. The zero-order valence-corrected chi connectivity index (χ0v) is 12.8. The number of nitriles is 1. The predicted molar refractivity (Wildman–Crippen MR) is 89.1 cm³/mol. The highest BCUT2D eigenvalue weighted by molar-refractivity contribution is 7.80. The monoisotopic (exact) mass is 297 g/mol. The van der Waals surface area contributed by atoms with Crippen molar-refractivity contribution >= 4 is 17.2 Å². The molecule has 0 spiro atoms. The average Bonchev–Trinajstić information content (AvgIpc) is 2.96. The molecule has 4 heteroatoms. The molecule has 0 saturated heterocycles. The van der Waals surface area contributed by atoms with Crippen LogP contribution in [0.25, 0.3) is 0 Å². The van der Waals surface area contributed by atoms with Gasteiger partial charge in [-0.1, -0.05) is 42.5 Å². The van der Waals surface area contributed by atoms with Gasteiger partial charge in [-0.2, -0.15) is 5.26 Å². The molecule has 0 amide bonds. The van der Waals surface area contributed by atoms with E-state index in [1.165, 1.54) is 5.56 Å². The smallest absolute Gasteiger partial charge is 0.120 e. The Morgan fingerprint density at radius 2 is 2.00 bits per heavy atom. The van der Waals surface area contributed by atoms with Crippen LogP contribution in [-0.4, -0.2) is 16.1 Å². The van der Waals surface area contributed by atoms with Crippen LogP contribution in [0.1, 0.15) is 24.1 Å². The first-order valence-corrected chi connectivity index (χ1v) is 7.56. The molecule has 1 heterocycles. The lowest BCUT2D eigenvalue weighted by Crippen LogP contribution is -2.24. The van der Waals surface area contributed by atoms with Gasteiger partial charge in [0.2, 0.25) is 0 Å². The Morgan fingerprint density at radius 1 is 1.19 bits per heavy atom. The minimum absolute atomic E-state index is 0.706. The van der Waals surface area contributed by atoms with Crippen molar-refractivity contribution in [1.82, 2.24) is 9.88 Å². The first kappa shape index (κ1) is 15.3. The number of benzene rings is 1. The summed E-state index contributed by atoms with van der Waals surface area (Å²) >= 11 is 5.34. The molecule has 0 saturated carbocycles. The summed E-state index contributed by atoms with van der Waals surface area (Å²) in [6.45, 7) is 1.70. The highest BCUT2D eigenvalue weighted by atomic mass is 32.1. The number of aryl methyl sites for hydroxylation is 1. The van der Waals surface area contributed by atoms with Crippen LogP contribution in [0.4, 0.5) is 0 Å². The van der Waals surface area contributed by atoms with Gasteiger partial charge in [0.1, 0.15) is 11.8 Å². The molecule has 108 valence electrons. The van der Waals surface area contributed by atoms with Crippen LogP contribution < -0.4 is 5.32 Å². The van der Waals surface area contributed by atoms with E-state index in [2.05, 4.69) is 35.7 Å². The van der Waals surface area contributed by atoms with Gasteiger partial charge in [-0.25, -0.2) is 0 Å². The Morgan fingerprint density at radius 3 is 2.76 bits per heavy atom. The van der Waals surface area contributed by atoms with Crippen molar-refractivity contribution in [2.24, 2.45) is 0 Å². The maximum atomic E-state index is 8.93. The molecule has 0 fully saturated rings. The summed E-state index contributed by atoms with van der Waals surface area (Å²) in [6.07, 6.45) is 4.72. The van der Waals surface area contributed by atoms with Crippen LogP contribution in [-0.2, 0) is 13.0 Å². The minimum Gasteiger partial charge on any atom is -0.379 e. The van der Waals surface area contributed by atoms with Gasteiger partial charge in [-0.15, -0.1) is 0 Å². The van der Waals surface area contributed by atoms with Crippen LogP contribution in [0.5, 0.6) is 0 Å². The molecule has 0 bridgehead atoms. The summed E-state index contributed by atoms with van der Waals surface area (Å²) < 4.78 is 1.96. The lowest BCUT2D eigenvalue weighted by Gasteiger charge is -2.09. The lowest BCUT2D eigenvalue weighted by atomic mass is 10.1. The second-order valence-corrected chi connectivity index (χ2v) is 5.38. The SMILES string of the molecule is N#Cc1cccn1CCCC(=S)NCCc1ccccc1. The quantitative estimate of drug-likeness (QED) is 0.797. The standard InChI is InChI=1S/C17H19N3S/c18-14-16-8-4-12-20(16)13-5-9-17(21)19-11-10-15-6-2-1-3-7-15/h1-4,6-8,12H,5,9-11,13H2,(H,19,21). The molecule has 2 aromatic rings. The molecule has 0 aliphatic rings. The van der Waals surface area contributed by atoms with Crippen molar-refractivity contribution in [3.63, 3.8) is 0 Å². The second kappa shape index (κ2) is 8.23. The van der Waals surface area contributed by atoms with Gasteiger partial charge in [-0.3, -0.25) is 0 Å². The van der Waals surface area contributed by atoms with Crippen LogP contribution >= 0.6 is 12.2 Å². The van der Waals surface area contributed by atoms with Gasteiger partial charge in [-0.05, 0) is 37.0 Å². The summed E-state index contributed by atoms with van der Waals surface area (Å²) in [5, 5.41) is 12.2. The third kappa shape index (κ3) is 5.05. The van der Waals surface area contributed by atoms with E-state index in [0.717, 1.165) is 37.3 Å². The zero-order valence-electron chi connectivity index (χ0n) is 12.0. The number of rotatable bonds is 7. The van der Waals surface area contributed by atoms with E-state index < -0.39 is 0 Å². The Labute approximate surface area is 131 Å². The van der Waals surface area contributed by atoms with Gasteiger partial charge in [0.05, 0.1) is 4.99 Å². The van der Waals surface area contributed by atoms with Crippen LogP contribution in [0, 0.1) is 11.3 Å². The fourth-order valence-corrected chi connectivity index (χ4v) is 2.45. The molecule has 2 rings (SSSR count). The number of aromatic nitrogens is 1. The zero-order chi connectivity index (χ0) is 14.9. The van der Waals surface area contributed by atoms with E-state index in [9.17, 15) is 0 Å². The molecule has 0 radical (unpaired) electrons. The third-order valence-corrected chi connectivity index (χ3v) is 3.67. The fourth-order valence-electron chi connectivity index (χ4n) is 2.20. The molecule has 1 aromatic carbocycles. The number of nitrogens with zero attached hydrogens (tertiary/aromatic N) is 2. The average molecular weight is 297 g/mol. The van der Waals surface area contributed by atoms with Gasteiger partial charge >= 0.3 is 0 Å². The lowest BCUT2D eigenvalue weighted by molar-refractivity contribution is 0.652. The van der Waals surface area contributed by atoms with Crippen LogP contribution in [0.3, 0.4) is 0 Å². The van der Waals surface area contributed by atoms with Crippen molar-refractivity contribution in [2.45, 2.75) is 25.8 Å². The van der Waals surface area contributed by atoms with Crippen molar-refractivity contribution in [3.05, 3.63) is 59.9 Å². The van der Waals surface area contributed by atoms with Gasteiger partial charge in [0.15, 0.2) is 0 Å². The molecular formula is C17H19N3S. The van der Waals surface area contributed by atoms with Gasteiger partial charge in [0, 0.05) is 19.3 Å². The Kier molecular flexibility index (Phi) is 5.99. The maximum Gasteiger partial charge on any atom is 0.120 e. The highest BCUT2D eigenvalue weighted by Crippen LogP contribution is 2.04. The molecule has 0 unspecified atom stereocenters. The van der Waals surface area contributed by atoms with Crippen molar-refractivity contribution in [3.8, 4) is 6.07 Å². The number of thiocarbonyl (C=S) groups is 1. The van der Waals surface area contributed by atoms with E-state index in [-0.39, 0.29) is 0 Å². The summed E-state index contributed by atoms with van der Waals surface area (Å²) in [7, 11) is 0. The number of hydrogen-bond acceptors (Lipinski definition) is 2. The highest BCUT2D eigenvalue weighted by Gasteiger charge is 2.01. The maximum absolute atomic E-state index is 8.93. The normalized spacial score (nSPS) is 10.0. The number of hydrogen-bond donors (Lipinski definition) is 1. The summed E-state index contributed by atoms with van der Waals surface area (Å²) in [4.78, 5) is 0.900. The van der Waals surface area contributed by atoms with Crippen molar-refractivity contribution in [2.75, 3.05) is 6.54 Å². The first-order valence-electron chi connectivity index (χ1n) is 7.15. The summed E-state index contributed by atoms with van der Waals surface area (Å²) in [6, 6.07) is 16.3. The van der Waals surface area contributed by atoms with E-state index >= 15 is 0 Å². The van der Waals surface area contributed by atoms with E-state index in [1.54, 1.807) is 0 Å². The Balaban J connectivity index is 1.63. The minimum atomic E-state index is 0.706. The van der Waals surface area contributed by atoms with Gasteiger partial charge in [0.25, 0.3) is 0 Å². The second-order valence-electron chi connectivity index (χ2n) is 4.89. The molecule has 0 aliphatic heterocycles. The van der Waals surface area contributed by atoms with Crippen molar-refractivity contribution in [1.29, 1.82) is 5.26 Å². The van der Waals surface area contributed by atoms with Gasteiger partial charge < -0.3 is 9.88 Å². The largest absolute Gasteiger partial charge is 0.379 e.